The van der Waals surface area contributed by atoms with Crippen molar-refractivity contribution in [3.8, 4) is 11.5 Å². The van der Waals surface area contributed by atoms with E-state index in [0.717, 1.165) is 0 Å². The number of methoxy groups -OCH3 is 1. The molecule has 0 aromatic heterocycles. The van der Waals surface area contributed by atoms with Crippen LogP contribution in [0.25, 0.3) is 0 Å². The summed E-state index contributed by atoms with van der Waals surface area (Å²) in [6.07, 6.45) is 0. The van der Waals surface area contributed by atoms with Crippen molar-refractivity contribution >= 4 is 23.5 Å². The Hall–Kier alpha value is -3.55. The van der Waals surface area contributed by atoms with E-state index in [2.05, 4.69) is 10.1 Å². The third-order valence-corrected chi connectivity index (χ3v) is 3.21. The molecule has 0 saturated heterocycles. The molecule has 2 amide bonds. The molecule has 0 unspecified atom stereocenters. The van der Waals surface area contributed by atoms with Gasteiger partial charge in [-0.25, -0.2) is 4.79 Å². The van der Waals surface area contributed by atoms with Crippen molar-refractivity contribution in [1.82, 2.24) is 0 Å². The molecule has 26 heavy (non-hydrogen) atoms. The fourth-order valence-electron chi connectivity index (χ4n) is 1.92. The number of anilines is 1. The lowest BCUT2D eigenvalue weighted by Gasteiger charge is -2.09. The van der Waals surface area contributed by atoms with Gasteiger partial charge in [-0.15, -0.1) is 0 Å². The van der Waals surface area contributed by atoms with Crippen LogP contribution in [0.4, 0.5) is 5.69 Å². The van der Waals surface area contributed by atoms with Crippen molar-refractivity contribution in [1.29, 1.82) is 0 Å². The summed E-state index contributed by atoms with van der Waals surface area (Å²) in [4.78, 5) is 34.0. The number of esters is 1. The van der Waals surface area contributed by atoms with Crippen LogP contribution in [0.5, 0.6) is 11.5 Å². The number of carbonyl (C=O) groups is 3. The largest absolute Gasteiger partial charge is 0.484 e. The Kier molecular flexibility index (Phi) is 6.55. The number of nitrogens with one attached hydrogen (secondary N) is 1. The smallest absolute Gasteiger partial charge is 0.343 e. The van der Waals surface area contributed by atoms with Gasteiger partial charge in [0.2, 0.25) is 5.91 Å². The van der Waals surface area contributed by atoms with E-state index in [0.29, 0.717) is 22.7 Å². The summed E-state index contributed by atoms with van der Waals surface area (Å²) in [5.41, 5.74) is 6.02. The molecule has 8 nitrogen and oxygen atoms in total. The van der Waals surface area contributed by atoms with Gasteiger partial charge in [0.05, 0.1) is 7.11 Å². The van der Waals surface area contributed by atoms with Gasteiger partial charge in [0.1, 0.15) is 11.5 Å². The van der Waals surface area contributed by atoms with Crippen LogP contribution in [0.15, 0.2) is 48.5 Å². The number of amides is 2. The van der Waals surface area contributed by atoms with Crippen LogP contribution in [0, 0.1) is 0 Å². The second-order valence-corrected chi connectivity index (χ2v) is 5.12. The zero-order valence-corrected chi connectivity index (χ0v) is 14.1. The normalized spacial score (nSPS) is 9.88. The van der Waals surface area contributed by atoms with Gasteiger partial charge >= 0.3 is 5.97 Å². The van der Waals surface area contributed by atoms with Crippen molar-refractivity contribution in [3.05, 3.63) is 54.1 Å². The summed E-state index contributed by atoms with van der Waals surface area (Å²) < 4.78 is 15.0. The van der Waals surface area contributed by atoms with Crippen LogP contribution >= 0.6 is 0 Å². The molecule has 0 atom stereocenters. The van der Waals surface area contributed by atoms with Crippen LogP contribution in [-0.4, -0.2) is 38.1 Å². The number of carbonyl (C=O) groups excluding carboxylic acids is 3. The van der Waals surface area contributed by atoms with E-state index in [9.17, 15) is 14.4 Å². The van der Waals surface area contributed by atoms with Crippen LogP contribution in [0.1, 0.15) is 10.4 Å². The minimum absolute atomic E-state index is 0.194. The van der Waals surface area contributed by atoms with Crippen LogP contribution < -0.4 is 20.5 Å². The predicted octanol–water partition coefficient (Wildman–Crippen LogP) is 1.35. The van der Waals surface area contributed by atoms with Crippen LogP contribution in [0.2, 0.25) is 0 Å². The maximum atomic E-state index is 11.9. The summed E-state index contributed by atoms with van der Waals surface area (Å²) in [7, 11) is 1.27. The lowest BCUT2D eigenvalue weighted by atomic mass is 10.2. The quantitative estimate of drug-likeness (QED) is 0.688. The van der Waals surface area contributed by atoms with E-state index < -0.39 is 11.9 Å². The molecule has 0 aliphatic carbocycles. The van der Waals surface area contributed by atoms with Crippen molar-refractivity contribution in [2.45, 2.75) is 0 Å². The second kappa shape index (κ2) is 9.07. The summed E-state index contributed by atoms with van der Waals surface area (Å²) in [6, 6.07) is 12.7. The van der Waals surface area contributed by atoms with E-state index >= 15 is 0 Å². The number of nitrogens with two attached hydrogens (primary N) is 1. The van der Waals surface area contributed by atoms with Gasteiger partial charge in [0.15, 0.2) is 13.2 Å². The highest BCUT2D eigenvalue weighted by molar-refractivity contribution is 5.93. The minimum Gasteiger partial charge on any atom is -0.484 e. The molecule has 0 saturated carbocycles. The molecular weight excluding hydrogens is 340 g/mol. The monoisotopic (exact) mass is 358 g/mol. The van der Waals surface area contributed by atoms with Gasteiger partial charge in [0.25, 0.3) is 5.91 Å². The number of rotatable bonds is 8. The third kappa shape index (κ3) is 5.82. The molecule has 2 aromatic rings. The Morgan fingerprint density at radius 3 is 2.31 bits per heavy atom. The summed E-state index contributed by atoms with van der Waals surface area (Å²) in [5.74, 6) is -0.608. The Morgan fingerprint density at radius 2 is 1.65 bits per heavy atom. The maximum Gasteiger partial charge on any atom is 0.343 e. The topological polar surface area (TPSA) is 117 Å². The SMILES string of the molecule is COC(=O)COc1ccc(NC(=O)COc2cccc(C(N)=O)c2)cc1. The number of hydrogen-bond acceptors (Lipinski definition) is 6. The summed E-state index contributed by atoms with van der Waals surface area (Å²) >= 11 is 0. The lowest BCUT2D eigenvalue weighted by molar-refractivity contribution is -0.142. The standard InChI is InChI=1S/C18H18N2O6/c1-24-17(22)11-26-14-7-5-13(6-8-14)20-16(21)10-25-15-4-2-3-12(9-15)18(19)23/h2-9H,10-11H2,1H3,(H2,19,23)(H,20,21). The fourth-order valence-corrected chi connectivity index (χ4v) is 1.92. The van der Waals surface area contributed by atoms with Gasteiger partial charge < -0.3 is 25.3 Å². The van der Waals surface area contributed by atoms with Crippen LogP contribution in [0.3, 0.4) is 0 Å². The molecule has 2 aromatic carbocycles. The number of ether oxygens (including phenoxy) is 3. The van der Waals surface area contributed by atoms with Crippen LogP contribution in [-0.2, 0) is 14.3 Å². The molecule has 8 heteroatoms. The van der Waals surface area contributed by atoms with Gasteiger partial charge in [-0.05, 0) is 42.5 Å². The van der Waals surface area contributed by atoms with Gasteiger partial charge in [-0.2, -0.15) is 0 Å². The maximum absolute atomic E-state index is 11.9. The Morgan fingerprint density at radius 1 is 0.962 bits per heavy atom. The Labute approximate surface area is 149 Å². The number of hydrogen-bond donors (Lipinski definition) is 2. The molecule has 136 valence electrons. The minimum atomic E-state index is -0.575. The second-order valence-electron chi connectivity index (χ2n) is 5.12. The van der Waals surface area contributed by atoms with Gasteiger partial charge in [-0.1, -0.05) is 6.07 Å². The van der Waals surface area contributed by atoms with Crippen molar-refractivity contribution in [2.75, 3.05) is 25.6 Å². The predicted molar refractivity (Wildman–Crippen MR) is 93.0 cm³/mol. The van der Waals surface area contributed by atoms with Crippen molar-refractivity contribution in [2.24, 2.45) is 5.73 Å². The highest BCUT2D eigenvalue weighted by Crippen LogP contribution is 2.16. The first-order chi connectivity index (χ1) is 12.5. The average molecular weight is 358 g/mol. The zero-order valence-electron chi connectivity index (χ0n) is 14.1. The molecule has 0 heterocycles. The van der Waals surface area contributed by atoms with E-state index in [-0.39, 0.29) is 19.1 Å². The average Bonchev–Trinajstić information content (AvgIpc) is 2.65. The first kappa shape index (κ1) is 18.8. The fraction of sp³-hybridized carbons (Fsp3) is 0.167. The molecule has 0 fully saturated rings. The molecule has 0 aliphatic rings. The van der Waals surface area contributed by atoms with E-state index in [4.69, 9.17) is 15.2 Å². The van der Waals surface area contributed by atoms with Gasteiger partial charge in [-0.3, -0.25) is 9.59 Å². The molecule has 3 N–H and O–H groups in total. The zero-order chi connectivity index (χ0) is 18.9. The summed E-state index contributed by atoms with van der Waals surface area (Å²) in [6.45, 7) is -0.427. The first-order valence-corrected chi connectivity index (χ1v) is 7.60. The van der Waals surface area contributed by atoms with Gasteiger partial charge in [0, 0.05) is 11.3 Å². The molecule has 2 rings (SSSR count). The molecule has 0 radical (unpaired) electrons. The first-order valence-electron chi connectivity index (χ1n) is 7.60. The molecule has 0 aliphatic heterocycles. The Balaban J connectivity index is 1.83. The third-order valence-electron chi connectivity index (χ3n) is 3.21. The lowest BCUT2D eigenvalue weighted by Crippen LogP contribution is -2.20. The van der Waals surface area contributed by atoms with Crippen molar-refractivity contribution in [3.63, 3.8) is 0 Å². The van der Waals surface area contributed by atoms with E-state index in [1.54, 1.807) is 42.5 Å². The summed E-state index contributed by atoms with van der Waals surface area (Å²) in [5, 5.41) is 2.65. The Bertz CT molecular complexity index is 789. The highest BCUT2D eigenvalue weighted by atomic mass is 16.6. The van der Waals surface area contributed by atoms with E-state index in [1.807, 2.05) is 0 Å². The molecule has 0 bridgehead atoms. The van der Waals surface area contributed by atoms with E-state index in [1.165, 1.54) is 13.2 Å². The number of benzene rings is 2. The van der Waals surface area contributed by atoms with Crippen molar-refractivity contribution < 1.29 is 28.6 Å². The molecular formula is C18H18N2O6. The molecule has 0 spiro atoms. The highest BCUT2D eigenvalue weighted by Gasteiger charge is 2.07. The number of primary amides is 1.